The van der Waals surface area contributed by atoms with Gasteiger partial charge in [0, 0.05) is 38.2 Å². The van der Waals surface area contributed by atoms with Crippen molar-refractivity contribution in [2.24, 2.45) is 0 Å². The van der Waals surface area contributed by atoms with Gasteiger partial charge in [0.2, 0.25) is 0 Å². The van der Waals surface area contributed by atoms with E-state index in [9.17, 15) is 0 Å². The van der Waals surface area contributed by atoms with Crippen molar-refractivity contribution in [1.82, 2.24) is 15.0 Å². The Kier molecular flexibility index (Phi) is 6.42. The van der Waals surface area contributed by atoms with Crippen LogP contribution >= 0.6 is 0 Å². The van der Waals surface area contributed by atoms with E-state index in [2.05, 4.69) is 84.9 Å². The lowest BCUT2D eigenvalue weighted by Gasteiger charge is -2.11. The second-order valence-corrected chi connectivity index (χ2v) is 12.4. The van der Waals surface area contributed by atoms with Gasteiger partial charge in [0.1, 0.15) is 22.3 Å². The van der Waals surface area contributed by atoms with Gasteiger partial charge in [0.15, 0.2) is 17.5 Å². The molecule has 0 aliphatic carbocycles. The molecular weight excluding hydrogens is 615 g/mol. The largest absolute Gasteiger partial charge is 0.456 e. The minimum absolute atomic E-state index is 0.597. The van der Waals surface area contributed by atoms with Crippen LogP contribution in [0.15, 0.2) is 173 Å². The molecule has 0 saturated heterocycles. The minimum Gasteiger partial charge on any atom is -0.456 e. The molecule has 10 aromatic rings. The van der Waals surface area contributed by atoms with Crippen LogP contribution in [0.4, 0.5) is 0 Å². The molecule has 0 aliphatic heterocycles. The molecule has 0 aliphatic rings. The van der Waals surface area contributed by atoms with E-state index in [1.54, 1.807) is 0 Å². The topological polar surface area (TPSA) is 65.0 Å². The molecule has 0 radical (unpaired) electrons. The summed E-state index contributed by atoms with van der Waals surface area (Å²) in [4.78, 5) is 15.2. The first-order valence-corrected chi connectivity index (χ1v) is 16.6. The molecule has 0 bridgehead atoms. The molecule has 234 valence electrons. The standard InChI is InChI=1S/C45H27N3O2/c1-2-11-28(12-3-1)43-46-44(48-45(47-43)37-19-10-22-40-42(37)36-18-5-7-21-39(36)49-40)33-16-9-15-31(26-33)29-13-8-14-30(25-29)32-23-24-35-34-17-4-6-20-38(34)50-41(35)27-32/h1-27H. The normalized spacial score (nSPS) is 11.6. The van der Waals surface area contributed by atoms with Crippen LogP contribution in [0.5, 0.6) is 0 Å². The van der Waals surface area contributed by atoms with Crippen molar-refractivity contribution in [2.45, 2.75) is 0 Å². The van der Waals surface area contributed by atoms with Gasteiger partial charge in [0.05, 0.1) is 0 Å². The number of nitrogens with zero attached hydrogens (tertiary/aromatic N) is 3. The molecule has 0 fully saturated rings. The first-order valence-electron chi connectivity index (χ1n) is 16.6. The monoisotopic (exact) mass is 641 g/mol. The number of benzene rings is 7. The van der Waals surface area contributed by atoms with Crippen molar-refractivity contribution < 1.29 is 8.83 Å². The van der Waals surface area contributed by atoms with Crippen LogP contribution < -0.4 is 0 Å². The van der Waals surface area contributed by atoms with Crippen LogP contribution in [0.1, 0.15) is 0 Å². The van der Waals surface area contributed by atoms with Crippen LogP contribution in [0.3, 0.4) is 0 Å². The lowest BCUT2D eigenvalue weighted by molar-refractivity contribution is 0.668. The smallest absolute Gasteiger partial charge is 0.164 e. The maximum atomic E-state index is 6.21. The highest BCUT2D eigenvalue weighted by atomic mass is 16.3. The Morgan fingerprint density at radius 2 is 0.800 bits per heavy atom. The predicted molar refractivity (Wildman–Crippen MR) is 202 cm³/mol. The van der Waals surface area contributed by atoms with Crippen molar-refractivity contribution in [2.75, 3.05) is 0 Å². The highest BCUT2D eigenvalue weighted by molar-refractivity contribution is 6.12. The maximum Gasteiger partial charge on any atom is 0.164 e. The molecule has 10 rings (SSSR count). The highest BCUT2D eigenvalue weighted by Crippen LogP contribution is 2.37. The van der Waals surface area contributed by atoms with Gasteiger partial charge in [-0.15, -0.1) is 0 Å². The van der Waals surface area contributed by atoms with Crippen LogP contribution in [-0.2, 0) is 0 Å². The molecule has 0 N–H and O–H groups in total. The fourth-order valence-electron chi connectivity index (χ4n) is 6.92. The fraction of sp³-hybridized carbons (Fsp3) is 0. The average molecular weight is 642 g/mol. The molecule has 0 spiro atoms. The quantitative estimate of drug-likeness (QED) is 0.187. The lowest BCUT2D eigenvalue weighted by atomic mass is 9.97. The molecule has 0 unspecified atom stereocenters. The number of hydrogen-bond donors (Lipinski definition) is 0. The Morgan fingerprint density at radius 3 is 1.58 bits per heavy atom. The minimum atomic E-state index is 0.597. The van der Waals surface area contributed by atoms with Crippen molar-refractivity contribution >= 4 is 43.9 Å². The van der Waals surface area contributed by atoms with E-state index in [4.69, 9.17) is 23.8 Å². The van der Waals surface area contributed by atoms with E-state index in [0.29, 0.717) is 17.5 Å². The molecule has 7 aromatic carbocycles. The Morgan fingerprint density at radius 1 is 0.300 bits per heavy atom. The molecular formula is C45H27N3O2. The third-order valence-corrected chi connectivity index (χ3v) is 9.34. The van der Waals surface area contributed by atoms with Gasteiger partial charge in [-0.3, -0.25) is 0 Å². The van der Waals surface area contributed by atoms with Crippen LogP contribution in [-0.4, -0.2) is 15.0 Å². The highest BCUT2D eigenvalue weighted by Gasteiger charge is 2.18. The first kappa shape index (κ1) is 28.2. The second-order valence-electron chi connectivity index (χ2n) is 12.4. The summed E-state index contributed by atoms with van der Waals surface area (Å²) in [5.41, 5.74) is 10.5. The van der Waals surface area contributed by atoms with E-state index < -0.39 is 0 Å². The molecule has 50 heavy (non-hydrogen) atoms. The summed E-state index contributed by atoms with van der Waals surface area (Å²) < 4.78 is 12.4. The fourth-order valence-corrected chi connectivity index (χ4v) is 6.92. The molecule has 0 amide bonds. The summed E-state index contributed by atoms with van der Waals surface area (Å²) in [6.07, 6.45) is 0. The van der Waals surface area contributed by atoms with E-state index in [-0.39, 0.29) is 0 Å². The number of para-hydroxylation sites is 2. The van der Waals surface area contributed by atoms with Crippen LogP contribution in [0.2, 0.25) is 0 Å². The molecule has 3 heterocycles. The third kappa shape index (κ3) is 4.75. The molecule has 3 aromatic heterocycles. The van der Waals surface area contributed by atoms with Crippen LogP contribution in [0.25, 0.3) is 100 Å². The zero-order chi connectivity index (χ0) is 33.0. The molecule has 0 atom stereocenters. The predicted octanol–water partition coefficient (Wildman–Crippen LogP) is 12.0. The van der Waals surface area contributed by atoms with E-state index >= 15 is 0 Å². The number of rotatable bonds is 5. The van der Waals surface area contributed by atoms with Gasteiger partial charge in [-0.1, -0.05) is 121 Å². The molecule has 5 nitrogen and oxygen atoms in total. The first-order chi connectivity index (χ1) is 24.7. The van der Waals surface area contributed by atoms with Crippen molar-refractivity contribution in [3.8, 4) is 56.4 Å². The Balaban J connectivity index is 1.09. The zero-order valence-corrected chi connectivity index (χ0v) is 26.7. The van der Waals surface area contributed by atoms with Crippen molar-refractivity contribution in [3.05, 3.63) is 164 Å². The van der Waals surface area contributed by atoms with Gasteiger partial charge in [-0.2, -0.15) is 0 Å². The second kappa shape index (κ2) is 11.4. The van der Waals surface area contributed by atoms with Crippen molar-refractivity contribution in [3.63, 3.8) is 0 Å². The summed E-state index contributed by atoms with van der Waals surface area (Å²) in [6.45, 7) is 0. The number of aromatic nitrogens is 3. The van der Waals surface area contributed by atoms with Gasteiger partial charge >= 0.3 is 0 Å². The maximum absolute atomic E-state index is 6.21. The van der Waals surface area contributed by atoms with Gasteiger partial charge < -0.3 is 8.83 Å². The molecule has 5 heteroatoms. The van der Waals surface area contributed by atoms with Crippen LogP contribution in [0, 0.1) is 0 Å². The lowest BCUT2D eigenvalue weighted by Crippen LogP contribution is -2.00. The van der Waals surface area contributed by atoms with Gasteiger partial charge in [-0.05, 0) is 64.7 Å². The number of fused-ring (bicyclic) bond motifs is 6. The summed E-state index contributed by atoms with van der Waals surface area (Å²) in [5, 5.41) is 4.27. The molecule has 0 saturated carbocycles. The van der Waals surface area contributed by atoms with Gasteiger partial charge in [0.25, 0.3) is 0 Å². The number of hydrogen-bond acceptors (Lipinski definition) is 5. The van der Waals surface area contributed by atoms with E-state index in [1.807, 2.05) is 78.9 Å². The SMILES string of the molecule is c1ccc(-c2nc(-c3cccc(-c4cccc(-c5ccc6c(c5)oc5ccccc56)c4)c3)nc(-c3cccc4oc5ccccc5c34)n2)cc1. The zero-order valence-electron chi connectivity index (χ0n) is 26.7. The van der Waals surface area contributed by atoms with Crippen molar-refractivity contribution in [1.29, 1.82) is 0 Å². The summed E-state index contributed by atoms with van der Waals surface area (Å²) in [7, 11) is 0. The average Bonchev–Trinajstić information content (AvgIpc) is 3.76. The Labute approximate surface area is 287 Å². The summed E-state index contributed by atoms with van der Waals surface area (Å²) in [6, 6.07) is 55.8. The Bertz CT molecular complexity index is 2890. The van der Waals surface area contributed by atoms with E-state index in [1.165, 1.54) is 0 Å². The van der Waals surface area contributed by atoms with Gasteiger partial charge in [-0.25, -0.2) is 15.0 Å². The third-order valence-electron chi connectivity index (χ3n) is 9.34. The summed E-state index contributed by atoms with van der Waals surface area (Å²) >= 11 is 0. The summed E-state index contributed by atoms with van der Waals surface area (Å²) in [5.74, 6) is 1.81. The number of furan rings is 2. The van der Waals surface area contributed by atoms with E-state index in [0.717, 1.165) is 82.8 Å². The Hall–Kier alpha value is -6.85.